The van der Waals surface area contributed by atoms with E-state index in [1.54, 1.807) is 24.4 Å². The number of aliphatic imine (C=N–C) groups is 1. The Balaban J connectivity index is 1.83. The van der Waals surface area contributed by atoms with Crippen LogP contribution >= 0.6 is 39.1 Å². The van der Waals surface area contributed by atoms with Crippen LogP contribution in [0.15, 0.2) is 39.8 Å². The largest absolute Gasteiger partial charge is 0.506 e. The third-order valence-corrected chi connectivity index (χ3v) is 4.37. The van der Waals surface area contributed by atoms with Crippen molar-refractivity contribution in [2.24, 2.45) is 4.99 Å². The first-order valence-corrected chi connectivity index (χ1v) is 8.79. The minimum absolute atomic E-state index is 0.0485. The Hall–Kier alpha value is -1.83. The van der Waals surface area contributed by atoms with E-state index in [0.717, 1.165) is 0 Å². The van der Waals surface area contributed by atoms with Crippen molar-refractivity contribution in [3.8, 4) is 5.75 Å². The third kappa shape index (κ3) is 5.59. The lowest BCUT2D eigenvalue weighted by atomic mass is 10.2. The van der Waals surface area contributed by atoms with Crippen molar-refractivity contribution in [3.63, 3.8) is 0 Å². The second kappa shape index (κ2) is 9.03. The summed E-state index contributed by atoms with van der Waals surface area (Å²) in [6.07, 6.45) is 2.27. The maximum atomic E-state index is 10.7. The van der Waals surface area contributed by atoms with Crippen molar-refractivity contribution in [1.82, 2.24) is 0 Å². The first kappa shape index (κ1) is 19.5. The number of benzene rings is 2. The van der Waals surface area contributed by atoms with E-state index in [-0.39, 0.29) is 11.4 Å². The molecule has 0 bridgehead atoms. The number of nitro benzene ring substituents is 1. The number of nitrogens with zero attached hydrogens (tertiary/aromatic N) is 2. The second-order valence-electron chi connectivity index (χ2n) is 5.06. The predicted octanol–water partition coefficient (Wildman–Crippen LogP) is 5.29. The molecular formula is C16H14BrCl2N3O3. The quantitative estimate of drug-likeness (QED) is 0.261. The molecule has 0 aromatic heterocycles. The van der Waals surface area contributed by atoms with Gasteiger partial charge >= 0.3 is 0 Å². The Morgan fingerprint density at radius 3 is 2.76 bits per heavy atom. The molecule has 0 aliphatic heterocycles. The van der Waals surface area contributed by atoms with Crippen molar-refractivity contribution < 1.29 is 10.0 Å². The lowest BCUT2D eigenvalue weighted by Gasteiger charge is -2.07. The van der Waals surface area contributed by atoms with Crippen molar-refractivity contribution in [2.75, 3.05) is 18.4 Å². The number of hydrogen-bond acceptors (Lipinski definition) is 5. The van der Waals surface area contributed by atoms with Crippen LogP contribution in [0.2, 0.25) is 10.0 Å². The molecule has 0 fully saturated rings. The van der Waals surface area contributed by atoms with Crippen LogP contribution in [0.4, 0.5) is 11.4 Å². The molecule has 0 saturated carbocycles. The van der Waals surface area contributed by atoms with Crippen LogP contribution in [0, 0.1) is 10.1 Å². The average Bonchev–Trinajstić information content (AvgIpc) is 2.55. The van der Waals surface area contributed by atoms with Gasteiger partial charge in [-0.15, -0.1) is 0 Å². The van der Waals surface area contributed by atoms with Crippen molar-refractivity contribution in [3.05, 3.63) is 60.5 Å². The van der Waals surface area contributed by atoms with E-state index in [2.05, 4.69) is 26.2 Å². The first-order chi connectivity index (χ1) is 11.9. The Bertz CT molecular complexity index is 815. The van der Waals surface area contributed by atoms with Crippen LogP contribution in [-0.2, 0) is 0 Å². The molecule has 0 atom stereocenters. The first-order valence-electron chi connectivity index (χ1n) is 7.24. The topological polar surface area (TPSA) is 87.8 Å². The van der Waals surface area contributed by atoms with Crippen LogP contribution in [0.5, 0.6) is 5.75 Å². The zero-order chi connectivity index (χ0) is 18.4. The van der Waals surface area contributed by atoms with Gasteiger partial charge in [0.25, 0.3) is 5.69 Å². The highest BCUT2D eigenvalue weighted by atomic mass is 79.9. The van der Waals surface area contributed by atoms with Gasteiger partial charge in [0.05, 0.1) is 20.1 Å². The van der Waals surface area contributed by atoms with Crippen molar-refractivity contribution in [2.45, 2.75) is 6.42 Å². The van der Waals surface area contributed by atoms with E-state index in [4.69, 9.17) is 23.2 Å². The summed E-state index contributed by atoms with van der Waals surface area (Å²) in [5.41, 5.74) is 1.12. The fraction of sp³-hybridized carbons (Fsp3) is 0.188. The van der Waals surface area contributed by atoms with E-state index in [9.17, 15) is 15.2 Å². The monoisotopic (exact) mass is 445 g/mol. The van der Waals surface area contributed by atoms with Crippen LogP contribution in [0.3, 0.4) is 0 Å². The molecule has 0 radical (unpaired) electrons. The molecule has 9 heteroatoms. The molecule has 0 aliphatic carbocycles. The smallest absolute Gasteiger partial charge is 0.271 e. The summed E-state index contributed by atoms with van der Waals surface area (Å²) in [4.78, 5) is 14.4. The number of rotatable bonds is 7. The molecule has 2 rings (SSSR count). The van der Waals surface area contributed by atoms with Gasteiger partial charge in [-0.2, -0.15) is 0 Å². The molecule has 0 spiro atoms. The van der Waals surface area contributed by atoms with Gasteiger partial charge in [0, 0.05) is 42.0 Å². The molecule has 2 N–H and O–H groups in total. The summed E-state index contributed by atoms with van der Waals surface area (Å²) in [5, 5.41) is 24.5. The zero-order valence-corrected chi connectivity index (χ0v) is 16.0. The predicted molar refractivity (Wildman–Crippen MR) is 104 cm³/mol. The van der Waals surface area contributed by atoms with Gasteiger partial charge in [0.15, 0.2) is 0 Å². The second-order valence-corrected chi connectivity index (χ2v) is 6.76. The number of anilines is 1. The third-order valence-electron chi connectivity index (χ3n) is 3.23. The maximum absolute atomic E-state index is 10.7. The van der Waals surface area contributed by atoms with E-state index in [1.807, 2.05) is 0 Å². The molecule has 2 aromatic carbocycles. The maximum Gasteiger partial charge on any atom is 0.271 e. The van der Waals surface area contributed by atoms with Crippen LogP contribution in [0.25, 0.3) is 0 Å². The number of hydrogen-bond donors (Lipinski definition) is 2. The molecule has 6 nitrogen and oxygen atoms in total. The molecule has 0 heterocycles. The fourth-order valence-corrected chi connectivity index (χ4v) is 3.08. The van der Waals surface area contributed by atoms with Gasteiger partial charge < -0.3 is 10.4 Å². The Labute approximate surface area is 162 Å². The molecule has 0 saturated heterocycles. The Morgan fingerprint density at radius 1 is 1.32 bits per heavy atom. The molecule has 2 aromatic rings. The van der Waals surface area contributed by atoms with Gasteiger partial charge in [0.1, 0.15) is 5.75 Å². The lowest BCUT2D eigenvalue weighted by molar-refractivity contribution is -0.384. The highest BCUT2D eigenvalue weighted by molar-refractivity contribution is 9.10. The highest BCUT2D eigenvalue weighted by Gasteiger charge is 2.09. The number of nitro groups is 1. The molecule has 25 heavy (non-hydrogen) atoms. The highest BCUT2D eigenvalue weighted by Crippen LogP contribution is 2.30. The molecule has 0 aliphatic rings. The summed E-state index contributed by atoms with van der Waals surface area (Å²) in [7, 11) is 0. The molecule has 132 valence electrons. The number of nitrogens with one attached hydrogen (secondary N) is 1. The van der Waals surface area contributed by atoms with Crippen LogP contribution in [0.1, 0.15) is 12.0 Å². The standard InChI is InChI=1S/C16H14BrCl2N3O3/c17-13-7-11(18)6-10(16(13)23)9-20-4-1-5-21-15-3-2-12(22(24)25)8-14(15)19/h2-3,6-9,21,23H,1,4-5H2. The van der Waals surface area contributed by atoms with E-state index < -0.39 is 4.92 Å². The number of aromatic hydroxyl groups is 1. The molecule has 0 amide bonds. The minimum atomic E-state index is -0.492. The number of halogens is 3. The Kier molecular flexibility index (Phi) is 7.04. The zero-order valence-electron chi connectivity index (χ0n) is 12.9. The lowest BCUT2D eigenvalue weighted by Crippen LogP contribution is -2.04. The van der Waals surface area contributed by atoms with Crippen molar-refractivity contribution in [1.29, 1.82) is 0 Å². The summed E-state index contributed by atoms with van der Waals surface area (Å²) in [5.74, 6) is 0.0870. The summed E-state index contributed by atoms with van der Waals surface area (Å²) in [6.45, 7) is 1.13. The van der Waals surface area contributed by atoms with Gasteiger partial charge in [-0.3, -0.25) is 15.1 Å². The average molecular weight is 447 g/mol. The SMILES string of the molecule is O=[N+]([O-])c1ccc(NCCCN=Cc2cc(Cl)cc(Br)c2O)c(Cl)c1. The van der Waals surface area contributed by atoms with Gasteiger partial charge in [-0.05, 0) is 40.5 Å². The molecular weight excluding hydrogens is 433 g/mol. The Morgan fingerprint density at radius 2 is 2.08 bits per heavy atom. The van der Waals surface area contributed by atoms with E-state index in [1.165, 1.54) is 12.1 Å². The van der Waals surface area contributed by atoms with Gasteiger partial charge in [0.2, 0.25) is 0 Å². The fourth-order valence-electron chi connectivity index (χ4n) is 2.00. The normalized spacial score (nSPS) is 11.0. The number of non-ortho nitro benzene ring substituents is 1. The van der Waals surface area contributed by atoms with E-state index >= 15 is 0 Å². The van der Waals surface area contributed by atoms with Gasteiger partial charge in [-0.1, -0.05) is 23.2 Å². The van der Waals surface area contributed by atoms with E-state index in [0.29, 0.717) is 45.3 Å². The van der Waals surface area contributed by atoms with Gasteiger partial charge in [-0.25, -0.2) is 0 Å². The molecule has 0 unspecified atom stereocenters. The summed E-state index contributed by atoms with van der Waals surface area (Å²) >= 11 is 15.1. The van der Waals surface area contributed by atoms with Crippen LogP contribution < -0.4 is 5.32 Å². The number of phenolic OH excluding ortho intramolecular Hbond substituents is 1. The number of phenols is 1. The minimum Gasteiger partial charge on any atom is -0.506 e. The summed E-state index contributed by atoms with van der Waals surface area (Å²) in [6, 6.07) is 7.51. The van der Waals surface area contributed by atoms with Crippen molar-refractivity contribution >= 4 is 56.7 Å². The summed E-state index contributed by atoms with van der Waals surface area (Å²) < 4.78 is 0.510. The van der Waals surface area contributed by atoms with Crippen LogP contribution in [-0.4, -0.2) is 29.3 Å².